The number of hydrogen-bond acceptors (Lipinski definition) is 5. The SMILES string of the molecule is CC(C)C(O)CNC1CCCN(CC2COc3ccccc3O2)C1. The van der Waals surface area contributed by atoms with Gasteiger partial charge in [0.05, 0.1) is 6.10 Å². The van der Waals surface area contributed by atoms with E-state index in [-0.39, 0.29) is 12.2 Å². The number of benzene rings is 1. The van der Waals surface area contributed by atoms with Crippen molar-refractivity contribution >= 4 is 0 Å². The molecular weight excluding hydrogens is 304 g/mol. The van der Waals surface area contributed by atoms with Gasteiger partial charge in [-0.05, 0) is 37.4 Å². The molecule has 1 fully saturated rings. The van der Waals surface area contributed by atoms with Crippen LogP contribution in [0.5, 0.6) is 11.5 Å². The number of aliphatic hydroxyl groups excluding tert-OH is 1. The number of para-hydroxylation sites is 2. The largest absolute Gasteiger partial charge is 0.486 e. The quantitative estimate of drug-likeness (QED) is 0.832. The van der Waals surface area contributed by atoms with Crippen molar-refractivity contribution in [1.82, 2.24) is 10.2 Å². The molecular formula is C19H30N2O3. The highest BCUT2D eigenvalue weighted by Gasteiger charge is 2.26. The van der Waals surface area contributed by atoms with Gasteiger partial charge in [0.2, 0.25) is 0 Å². The predicted octanol–water partition coefficient (Wildman–Crippen LogP) is 1.90. The average Bonchev–Trinajstić information content (AvgIpc) is 2.60. The van der Waals surface area contributed by atoms with E-state index < -0.39 is 0 Å². The summed E-state index contributed by atoms with van der Waals surface area (Å²) in [5, 5.41) is 13.5. The first kappa shape index (κ1) is 17.5. The van der Waals surface area contributed by atoms with Gasteiger partial charge in [-0.2, -0.15) is 0 Å². The minimum Gasteiger partial charge on any atom is -0.486 e. The van der Waals surface area contributed by atoms with Crippen LogP contribution in [0.15, 0.2) is 24.3 Å². The Morgan fingerprint density at radius 1 is 1.29 bits per heavy atom. The standard InChI is InChI=1S/C19H30N2O3/c1-14(2)17(22)10-20-15-6-5-9-21(11-15)12-16-13-23-18-7-3-4-8-19(18)24-16/h3-4,7-8,14-17,20,22H,5-6,9-13H2,1-2H3. The van der Waals surface area contributed by atoms with Crippen molar-refractivity contribution in [2.24, 2.45) is 5.92 Å². The number of piperidine rings is 1. The number of fused-ring (bicyclic) bond motifs is 1. The Kier molecular flexibility index (Phi) is 5.98. The molecule has 1 aromatic carbocycles. The number of nitrogens with zero attached hydrogens (tertiary/aromatic N) is 1. The first-order chi connectivity index (χ1) is 11.6. The molecule has 24 heavy (non-hydrogen) atoms. The van der Waals surface area contributed by atoms with E-state index in [0.717, 1.165) is 31.1 Å². The second-order valence-electron chi connectivity index (χ2n) is 7.32. The molecule has 134 valence electrons. The predicted molar refractivity (Wildman–Crippen MR) is 94.7 cm³/mol. The fourth-order valence-corrected chi connectivity index (χ4v) is 3.35. The maximum absolute atomic E-state index is 9.96. The number of likely N-dealkylation sites (tertiary alicyclic amines) is 1. The van der Waals surface area contributed by atoms with Crippen molar-refractivity contribution in [2.45, 2.75) is 44.9 Å². The summed E-state index contributed by atoms with van der Waals surface area (Å²) in [6.45, 7) is 8.39. The minimum atomic E-state index is -0.271. The van der Waals surface area contributed by atoms with Crippen molar-refractivity contribution in [3.05, 3.63) is 24.3 Å². The monoisotopic (exact) mass is 334 g/mol. The van der Waals surface area contributed by atoms with Crippen LogP contribution in [0.3, 0.4) is 0 Å². The molecule has 0 saturated carbocycles. The summed E-state index contributed by atoms with van der Waals surface area (Å²) in [5.74, 6) is 1.99. The van der Waals surface area contributed by atoms with Crippen LogP contribution in [0.2, 0.25) is 0 Å². The van der Waals surface area contributed by atoms with Gasteiger partial charge in [0.1, 0.15) is 12.7 Å². The van der Waals surface area contributed by atoms with Gasteiger partial charge >= 0.3 is 0 Å². The van der Waals surface area contributed by atoms with E-state index in [1.165, 1.54) is 12.8 Å². The van der Waals surface area contributed by atoms with Crippen LogP contribution in [0.25, 0.3) is 0 Å². The van der Waals surface area contributed by atoms with Crippen molar-refractivity contribution in [3.63, 3.8) is 0 Å². The molecule has 0 spiro atoms. The fraction of sp³-hybridized carbons (Fsp3) is 0.684. The summed E-state index contributed by atoms with van der Waals surface area (Å²) in [5.41, 5.74) is 0. The van der Waals surface area contributed by atoms with Gasteiger partial charge in [-0.1, -0.05) is 26.0 Å². The summed E-state index contributed by atoms with van der Waals surface area (Å²) in [4.78, 5) is 2.45. The van der Waals surface area contributed by atoms with Crippen LogP contribution < -0.4 is 14.8 Å². The third-order valence-electron chi connectivity index (χ3n) is 4.92. The zero-order valence-electron chi connectivity index (χ0n) is 14.8. The van der Waals surface area contributed by atoms with Gasteiger partial charge < -0.3 is 19.9 Å². The highest BCUT2D eigenvalue weighted by molar-refractivity contribution is 5.40. The Balaban J connectivity index is 1.46. The van der Waals surface area contributed by atoms with Gasteiger partial charge in [-0.25, -0.2) is 0 Å². The van der Waals surface area contributed by atoms with E-state index in [1.807, 2.05) is 24.3 Å². The zero-order chi connectivity index (χ0) is 16.9. The number of aliphatic hydroxyl groups is 1. The van der Waals surface area contributed by atoms with Crippen LogP contribution in [-0.2, 0) is 0 Å². The highest BCUT2D eigenvalue weighted by atomic mass is 16.6. The van der Waals surface area contributed by atoms with Gasteiger partial charge in [0.25, 0.3) is 0 Å². The zero-order valence-corrected chi connectivity index (χ0v) is 14.8. The van der Waals surface area contributed by atoms with Gasteiger partial charge in [-0.15, -0.1) is 0 Å². The second kappa shape index (κ2) is 8.19. The third kappa shape index (κ3) is 4.62. The summed E-state index contributed by atoms with van der Waals surface area (Å²) < 4.78 is 11.9. The normalized spacial score (nSPS) is 25.7. The van der Waals surface area contributed by atoms with E-state index in [0.29, 0.717) is 25.1 Å². The molecule has 1 aromatic rings. The number of nitrogens with one attached hydrogen (secondary N) is 1. The smallest absolute Gasteiger partial charge is 0.161 e. The summed E-state index contributed by atoms with van der Waals surface area (Å²) in [6.07, 6.45) is 2.16. The van der Waals surface area contributed by atoms with E-state index >= 15 is 0 Å². The van der Waals surface area contributed by atoms with E-state index in [2.05, 4.69) is 24.1 Å². The summed E-state index contributed by atoms with van der Waals surface area (Å²) in [6, 6.07) is 8.31. The summed E-state index contributed by atoms with van der Waals surface area (Å²) >= 11 is 0. The number of hydrogen-bond donors (Lipinski definition) is 2. The molecule has 2 aliphatic heterocycles. The first-order valence-corrected chi connectivity index (χ1v) is 9.14. The molecule has 3 atom stereocenters. The molecule has 3 rings (SSSR count). The number of rotatable bonds is 6. The van der Waals surface area contributed by atoms with E-state index in [9.17, 15) is 5.11 Å². The Hall–Kier alpha value is -1.30. The van der Waals surface area contributed by atoms with Crippen LogP contribution in [0, 0.1) is 5.92 Å². The third-order valence-corrected chi connectivity index (χ3v) is 4.92. The average molecular weight is 334 g/mol. The lowest BCUT2D eigenvalue weighted by Gasteiger charge is -2.37. The fourth-order valence-electron chi connectivity index (χ4n) is 3.35. The van der Waals surface area contributed by atoms with E-state index in [4.69, 9.17) is 9.47 Å². The van der Waals surface area contributed by atoms with Crippen molar-refractivity contribution in [2.75, 3.05) is 32.8 Å². The van der Waals surface area contributed by atoms with E-state index in [1.54, 1.807) is 0 Å². The maximum Gasteiger partial charge on any atom is 0.161 e. The molecule has 0 aromatic heterocycles. The Morgan fingerprint density at radius 3 is 2.88 bits per heavy atom. The maximum atomic E-state index is 9.96. The first-order valence-electron chi connectivity index (χ1n) is 9.14. The molecule has 0 amide bonds. The molecule has 3 unspecified atom stereocenters. The van der Waals surface area contributed by atoms with Crippen LogP contribution in [-0.4, -0.2) is 61.0 Å². The van der Waals surface area contributed by atoms with Crippen LogP contribution in [0.4, 0.5) is 0 Å². The second-order valence-corrected chi connectivity index (χ2v) is 7.32. The lowest BCUT2D eigenvalue weighted by Crippen LogP contribution is -2.51. The molecule has 5 heteroatoms. The molecule has 5 nitrogen and oxygen atoms in total. The van der Waals surface area contributed by atoms with Crippen molar-refractivity contribution in [3.8, 4) is 11.5 Å². The van der Waals surface area contributed by atoms with Crippen LogP contribution in [0.1, 0.15) is 26.7 Å². The van der Waals surface area contributed by atoms with Crippen molar-refractivity contribution < 1.29 is 14.6 Å². The number of ether oxygens (including phenoxy) is 2. The van der Waals surface area contributed by atoms with Crippen LogP contribution >= 0.6 is 0 Å². The molecule has 2 N–H and O–H groups in total. The van der Waals surface area contributed by atoms with Gasteiger partial charge in [0.15, 0.2) is 11.5 Å². The highest BCUT2D eigenvalue weighted by Crippen LogP contribution is 2.31. The van der Waals surface area contributed by atoms with Gasteiger partial charge in [-0.3, -0.25) is 4.90 Å². The molecule has 2 heterocycles. The lowest BCUT2D eigenvalue weighted by molar-refractivity contribution is 0.0465. The molecule has 1 saturated heterocycles. The molecule has 2 aliphatic rings. The minimum absolute atomic E-state index is 0.0832. The Labute approximate surface area is 144 Å². The molecule has 0 aliphatic carbocycles. The summed E-state index contributed by atoms with van der Waals surface area (Å²) in [7, 11) is 0. The van der Waals surface area contributed by atoms with Crippen molar-refractivity contribution in [1.29, 1.82) is 0 Å². The van der Waals surface area contributed by atoms with Gasteiger partial charge in [0, 0.05) is 25.7 Å². The topological polar surface area (TPSA) is 54.0 Å². The molecule has 0 radical (unpaired) electrons. The Bertz CT molecular complexity index is 523. The lowest BCUT2D eigenvalue weighted by atomic mass is 10.0. The Morgan fingerprint density at radius 2 is 2.08 bits per heavy atom. The molecule has 0 bridgehead atoms.